The van der Waals surface area contributed by atoms with E-state index < -0.39 is 18.0 Å². The molecule has 1 heterocycles. The smallest absolute Gasteiger partial charge is 0.359 e. The molecule has 0 saturated heterocycles. The molecule has 1 atom stereocenters. The Morgan fingerprint density at radius 3 is 2.57 bits per heavy atom. The number of para-hydroxylation sites is 1. The van der Waals surface area contributed by atoms with Crippen molar-refractivity contribution in [2.24, 2.45) is 0 Å². The van der Waals surface area contributed by atoms with Gasteiger partial charge in [-0.15, -0.1) is 0 Å². The zero-order chi connectivity index (χ0) is 20.7. The van der Waals surface area contributed by atoms with Crippen molar-refractivity contribution in [1.82, 2.24) is 9.78 Å². The topological polar surface area (TPSA) is 107 Å². The summed E-state index contributed by atoms with van der Waals surface area (Å²) in [5.74, 6) is -1.59. The maximum absolute atomic E-state index is 12.3. The number of hydrogen-bond donors (Lipinski definition) is 1. The van der Waals surface area contributed by atoms with Gasteiger partial charge in [0.2, 0.25) is 0 Å². The Balaban J connectivity index is 2.07. The average molecular weight is 385 g/mol. The number of anilines is 1. The standard InChI is InChI=1S/C20H23N3O5/c1-4-5-12-23-18(25)11-10-17(22-23)20(27)28-14(3)19(26)21-16-9-7-6-8-15(16)13(2)24/h6-11,14H,4-5,12H2,1-3H3,(H,21,26). The van der Waals surface area contributed by atoms with E-state index in [9.17, 15) is 19.2 Å². The number of unbranched alkanes of at least 4 members (excludes halogenated alkanes) is 1. The second-order valence-corrected chi connectivity index (χ2v) is 6.27. The van der Waals surface area contributed by atoms with Gasteiger partial charge in [-0.2, -0.15) is 5.10 Å². The zero-order valence-corrected chi connectivity index (χ0v) is 16.1. The lowest BCUT2D eigenvalue weighted by atomic mass is 10.1. The quantitative estimate of drug-likeness (QED) is 0.552. The highest BCUT2D eigenvalue weighted by Gasteiger charge is 2.21. The number of Topliss-reactive ketones (excluding diaryl/α,β-unsaturated/α-hetero) is 1. The van der Waals surface area contributed by atoms with E-state index in [1.807, 2.05) is 6.92 Å². The number of carbonyl (C=O) groups is 3. The van der Waals surface area contributed by atoms with Crippen LogP contribution >= 0.6 is 0 Å². The van der Waals surface area contributed by atoms with Crippen LogP contribution in [-0.2, 0) is 16.1 Å². The molecule has 0 aliphatic carbocycles. The molecular formula is C20H23N3O5. The zero-order valence-electron chi connectivity index (χ0n) is 16.1. The van der Waals surface area contributed by atoms with Gasteiger partial charge < -0.3 is 10.1 Å². The molecule has 1 unspecified atom stereocenters. The van der Waals surface area contributed by atoms with Crippen LogP contribution in [0.1, 0.15) is 54.5 Å². The molecule has 0 fully saturated rings. The average Bonchev–Trinajstić information content (AvgIpc) is 2.67. The van der Waals surface area contributed by atoms with Gasteiger partial charge in [0.15, 0.2) is 17.6 Å². The summed E-state index contributed by atoms with van der Waals surface area (Å²) in [5.41, 5.74) is 0.337. The van der Waals surface area contributed by atoms with Crippen LogP contribution in [-0.4, -0.2) is 33.5 Å². The number of ketones is 1. The minimum absolute atomic E-state index is 0.0560. The second-order valence-electron chi connectivity index (χ2n) is 6.27. The van der Waals surface area contributed by atoms with Crippen molar-refractivity contribution < 1.29 is 19.1 Å². The van der Waals surface area contributed by atoms with Gasteiger partial charge in [-0.3, -0.25) is 14.4 Å². The van der Waals surface area contributed by atoms with Gasteiger partial charge in [-0.25, -0.2) is 9.48 Å². The SMILES string of the molecule is CCCCn1nc(C(=O)OC(C)C(=O)Nc2ccccc2C(C)=O)ccc1=O. The molecule has 1 aromatic carbocycles. The van der Waals surface area contributed by atoms with E-state index >= 15 is 0 Å². The van der Waals surface area contributed by atoms with Gasteiger partial charge in [-0.05, 0) is 38.5 Å². The van der Waals surface area contributed by atoms with Gasteiger partial charge >= 0.3 is 5.97 Å². The minimum atomic E-state index is -1.12. The number of benzene rings is 1. The number of aryl methyl sites for hydroxylation is 1. The first-order chi connectivity index (χ1) is 13.3. The third-order valence-corrected chi connectivity index (χ3v) is 4.02. The number of esters is 1. The van der Waals surface area contributed by atoms with Gasteiger partial charge in [0, 0.05) is 18.2 Å². The van der Waals surface area contributed by atoms with Crippen molar-refractivity contribution in [1.29, 1.82) is 0 Å². The van der Waals surface area contributed by atoms with E-state index in [4.69, 9.17) is 4.74 Å². The van der Waals surface area contributed by atoms with Crippen LogP contribution < -0.4 is 10.9 Å². The summed E-state index contributed by atoms with van der Waals surface area (Å²) in [5, 5.41) is 6.58. The van der Waals surface area contributed by atoms with Crippen molar-refractivity contribution in [3.8, 4) is 0 Å². The number of nitrogens with zero attached hydrogens (tertiary/aromatic N) is 2. The highest BCUT2D eigenvalue weighted by Crippen LogP contribution is 2.16. The summed E-state index contributed by atoms with van der Waals surface area (Å²) < 4.78 is 6.36. The number of aromatic nitrogens is 2. The van der Waals surface area contributed by atoms with Crippen molar-refractivity contribution in [3.05, 3.63) is 58.0 Å². The molecule has 8 nitrogen and oxygen atoms in total. The van der Waals surface area contributed by atoms with Crippen molar-refractivity contribution in [2.45, 2.75) is 46.3 Å². The van der Waals surface area contributed by atoms with E-state index in [0.717, 1.165) is 12.8 Å². The van der Waals surface area contributed by atoms with E-state index in [-0.39, 0.29) is 17.0 Å². The first-order valence-corrected chi connectivity index (χ1v) is 9.03. The predicted molar refractivity (Wildman–Crippen MR) is 103 cm³/mol. The molecular weight excluding hydrogens is 362 g/mol. The molecule has 8 heteroatoms. The Bertz CT molecular complexity index is 935. The van der Waals surface area contributed by atoms with Gasteiger partial charge in [0.05, 0.1) is 5.69 Å². The fourth-order valence-corrected chi connectivity index (χ4v) is 2.43. The molecule has 2 rings (SSSR count). The molecule has 1 amide bonds. The van der Waals surface area contributed by atoms with Crippen LogP contribution in [0.2, 0.25) is 0 Å². The molecule has 0 saturated carbocycles. The maximum Gasteiger partial charge on any atom is 0.359 e. The number of hydrogen-bond acceptors (Lipinski definition) is 6. The van der Waals surface area contributed by atoms with Crippen LogP contribution in [0.15, 0.2) is 41.2 Å². The van der Waals surface area contributed by atoms with Crippen LogP contribution in [0.4, 0.5) is 5.69 Å². The summed E-state index contributed by atoms with van der Waals surface area (Å²) in [6.45, 7) is 5.19. The first kappa shape index (κ1) is 21.0. The van der Waals surface area contributed by atoms with Crippen LogP contribution in [0, 0.1) is 0 Å². The number of nitrogens with one attached hydrogen (secondary N) is 1. The van der Waals surface area contributed by atoms with E-state index in [1.54, 1.807) is 24.3 Å². The molecule has 0 bridgehead atoms. The Kier molecular flexibility index (Phi) is 7.20. The van der Waals surface area contributed by atoms with Crippen molar-refractivity contribution >= 4 is 23.3 Å². The number of rotatable bonds is 8. The van der Waals surface area contributed by atoms with Crippen LogP contribution in [0.3, 0.4) is 0 Å². The predicted octanol–water partition coefficient (Wildman–Crippen LogP) is 2.43. The molecule has 0 aliphatic rings. The second kappa shape index (κ2) is 9.59. The highest BCUT2D eigenvalue weighted by atomic mass is 16.5. The molecule has 28 heavy (non-hydrogen) atoms. The number of carbonyl (C=O) groups excluding carboxylic acids is 3. The van der Waals surface area contributed by atoms with Crippen LogP contribution in [0.5, 0.6) is 0 Å². The third-order valence-electron chi connectivity index (χ3n) is 4.02. The molecule has 1 aromatic heterocycles. The van der Waals surface area contributed by atoms with Crippen molar-refractivity contribution in [3.63, 3.8) is 0 Å². The summed E-state index contributed by atoms with van der Waals surface area (Å²) in [6.07, 6.45) is 0.506. The third kappa shape index (κ3) is 5.35. The summed E-state index contributed by atoms with van der Waals surface area (Å²) >= 11 is 0. The normalized spacial score (nSPS) is 11.5. The molecule has 148 valence electrons. The maximum atomic E-state index is 12.3. The lowest BCUT2D eigenvalue weighted by Gasteiger charge is -2.15. The van der Waals surface area contributed by atoms with Crippen LogP contribution in [0.25, 0.3) is 0 Å². The van der Waals surface area contributed by atoms with E-state index in [2.05, 4.69) is 10.4 Å². The van der Waals surface area contributed by atoms with Gasteiger partial charge in [-0.1, -0.05) is 25.5 Å². The molecule has 0 aliphatic heterocycles. The largest absolute Gasteiger partial charge is 0.448 e. The Morgan fingerprint density at radius 2 is 1.89 bits per heavy atom. The summed E-state index contributed by atoms with van der Waals surface area (Å²) in [6, 6.07) is 9.07. The lowest BCUT2D eigenvalue weighted by molar-refractivity contribution is -0.123. The fourth-order valence-electron chi connectivity index (χ4n) is 2.43. The molecule has 1 N–H and O–H groups in total. The first-order valence-electron chi connectivity index (χ1n) is 9.03. The highest BCUT2D eigenvalue weighted by molar-refractivity contribution is 6.05. The Labute approximate surface area is 162 Å². The summed E-state index contributed by atoms with van der Waals surface area (Å²) in [7, 11) is 0. The molecule has 0 radical (unpaired) electrons. The van der Waals surface area contributed by atoms with E-state index in [0.29, 0.717) is 17.8 Å². The summed E-state index contributed by atoms with van der Waals surface area (Å²) in [4.78, 5) is 48.1. The molecule has 2 aromatic rings. The van der Waals surface area contributed by atoms with Gasteiger partial charge in [0.25, 0.3) is 11.5 Å². The monoisotopic (exact) mass is 385 g/mol. The number of amides is 1. The Morgan fingerprint density at radius 1 is 1.18 bits per heavy atom. The lowest BCUT2D eigenvalue weighted by Crippen LogP contribution is -2.32. The minimum Gasteiger partial charge on any atom is -0.448 e. The van der Waals surface area contributed by atoms with Gasteiger partial charge in [0.1, 0.15) is 0 Å². The number of ether oxygens (including phenoxy) is 1. The fraction of sp³-hybridized carbons (Fsp3) is 0.350. The van der Waals surface area contributed by atoms with E-state index in [1.165, 1.54) is 30.7 Å². The van der Waals surface area contributed by atoms with Crippen molar-refractivity contribution in [2.75, 3.05) is 5.32 Å². The Hall–Kier alpha value is -3.29. The molecule has 0 spiro atoms.